The monoisotopic (exact) mass is 408 g/mol. The summed E-state index contributed by atoms with van der Waals surface area (Å²) in [4.78, 5) is 8.64. The molecule has 1 unspecified atom stereocenters. The van der Waals surface area contributed by atoms with Crippen LogP contribution in [-0.2, 0) is 0 Å². The van der Waals surface area contributed by atoms with Crippen molar-refractivity contribution >= 4 is 23.3 Å². The van der Waals surface area contributed by atoms with Gasteiger partial charge in [0.05, 0.1) is 12.3 Å². The Balaban J connectivity index is 2.09. The quantitative estimate of drug-likeness (QED) is 0.434. The second-order valence-electron chi connectivity index (χ2n) is 7.12. The first-order chi connectivity index (χ1) is 14.3. The van der Waals surface area contributed by atoms with E-state index in [0.29, 0.717) is 23.7 Å². The topological polar surface area (TPSA) is 158 Å². The van der Waals surface area contributed by atoms with Gasteiger partial charge >= 0.3 is 0 Å². The highest BCUT2D eigenvalue weighted by atomic mass is 19.1. The van der Waals surface area contributed by atoms with Gasteiger partial charge in [0.25, 0.3) is 0 Å². The van der Waals surface area contributed by atoms with Crippen LogP contribution in [0.5, 0.6) is 5.75 Å². The van der Waals surface area contributed by atoms with Crippen LogP contribution >= 0.6 is 0 Å². The van der Waals surface area contributed by atoms with Gasteiger partial charge in [-0.2, -0.15) is 10.5 Å². The second-order valence-corrected chi connectivity index (χ2v) is 7.12. The van der Waals surface area contributed by atoms with E-state index in [1.54, 1.807) is 12.3 Å². The Bertz CT molecular complexity index is 1080. The van der Waals surface area contributed by atoms with Crippen LogP contribution in [0, 0.1) is 34.5 Å². The zero-order valence-electron chi connectivity index (χ0n) is 16.5. The first-order valence-corrected chi connectivity index (χ1v) is 9.26. The molecule has 0 saturated heterocycles. The van der Waals surface area contributed by atoms with E-state index in [4.69, 9.17) is 21.5 Å². The van der Waals surface area contributed by atoms with Gasteiger partial charge in [-0.3, -0.25) is 5.32 Å². The smallest absolute Gasteiger partial charge is 0.211 e. The van der Waals surface area contributed by atoms with Crippen molar-refractivity contribution in [3.8, 4) is 18.0 Å². The molecule has 0 bridgehead atoms. The molecule has 2 aromatic rings. The number of benzene rings is 1. The number of nitrogen functional groups attached to an aromatic ring is 2. The van der Waals surface area contributed by atoms with Gasteiger partial charge in [-0.1, -0.05) is 19.9 Å². The van der Waals surface area contributed by atoms with E-state index in [2.05, 4.69) is 34.5 Å². The van der Waals surface area contributed by atoms with Gasteiger partial charge in [0, 0.05) is 5.56 Å². The van der Waals surface area contributed by atoms with Crippen LogP contribution in [0.25, 0.3) is 0 Å². The van der Waals surface area contributed by atoms with Crippen molar-refractivity contribution in [3.05, 3.63) is 40.7 Å². The number of rotatable bonds is 5. The number of pyridine rings is 1. The Morgan fingerprint density at radius 2 is 2.10 bits per heavy atom. The van der Waals surface area contributed by atoms with E-state index in [1.807, 2.05) is 6.07 Å². The third-order valence-corrected chi connectivity index (χ3v) is 4.58. The summed E-state index contributed by atoms with van der Waals surface area (Å²) in [6, 6.07) is 5.53. The van der Waals surface area contributed by atoms with E-state index in [9.17, 15) is 9.65 Å². The number of aromatic nitrogens is 1. The van der Waals surface area contributed by atoms with Gasteiger partial charge in [-0.05, 0) is 30.0 Å². The maximum atomic E-state index is 14.3. The van der Waals surface area contributed by atoms with Gasteiger partial charge in [0.1, 0.15) is 29.3 Å². The predicted molar refractivity (Wildman–Crippen MR) is 111 cm³/mol. The molecule has 1 atom stereocenters. The van der Waals surface area contributed by atoms with E-state index in [1.165, 1.54) is 12.1 Å². The van der Waals surface area contributed by atoms with E-state index in [0.717, 1.165) is 6.42 Å². The van der Waals surface area contributed by atoms with Gasteiger partial charge in [-0.25, -0.2) is 14.4 Å². The van der Waals surface area contributed by atoms with Crippen molar-refractivity contribution in [1.82, 2.24) is 10.3 Å². The number of nitrogens with zero attached hydrogens (tertiary/aromatic N) is 4. The first-order valence-electron chi connectivity index (χ1n) is 9.26. The molecule has 0 amide bonds. The maximum Gasteiger partial charge on any atom is 0.211 e. The van der Waals surface area contributed by atoms with Crippen LogP contribution in [-0.4, -0.2) is 17.6 Å². The molecule has 10 heteroatoms. The van der Waals surface area contributed by atoms with Crippen LogP contribution in [0.1, 0.15) is 43.0 Å². The van der Waals surface area contributed by atoms with Crippen molar-refractivity contribution in [1.29, 1.82) is 10.5 Å². The van der Waals surface area contributed by atoms with Gasteiger partial charge in [0.2, 0.25) is 5.96 Å². The molecule has 154 valence electrons. The summed E-state index contributed by atoms with van der Waals surface area (Å²) in [5, 5.41) is 23.6. The van der Waals surface area contributed by atoms with Crippen molar-refractivity contribution in [2.45, 2.75) is 26.3 Å². The molecule has 3 rings (SSSR count). The van der Waals surface area contributed by atoms with Gasteiger partial charge < -0.3 is 21.5 Å². The summed E-state index contributed by atoms with van der Waals surface area (Å²) in [5.41, 5.74) is 13.1. The highest BCUT2D eigenvalue weighted by molar-refractivity contribution is 5.98. The number of hydrogen-bond acceptors (Lipinski definition) is 9. The maximum absolute atomic E-state index is 14.3. The van der Waals surface area contributed by atoms with E-state index in [-0.39, 0.29) is 34.6 Å². The van der Waals surface area contributed by atoms with Crippen LogP contribution in [0.3, 0.4) is 0 Å². The van der Waals surface area contributed by atoms with E-state index >= 15 is 0 Å². The van der Waals surface area contributed by atoms with Crippen molar-refractivity contribution in [3.63, 3.8) is 0 Å². The fraction of sp³-hybridized carbons (Fsp3) is 0.300. The number of nitrogens with two attached hydrogens (primary N) is 2. The minimum absolute atomic E-state index is 0.0305. The first kappa shape index (κ1) is 20.7. The summed E-state index contributed by atoms with van der Waals surface area (Å²) < 4.78 is 19.9. The normalized spacial score (nSPS) is 14.7. The van der Waals surface area contributed by atoms with Crippen LogP contribution in [0.15, 0.2) is 23.2 Å². The Morgan fingerprint density at radius 3 is 2.77 bits per heavy atom. The standard InChI is InChI=1S/C20H21FN8O/c1-10(2)5-6-30-14-7-11(3-4-13(14)21)17-15-16(24)12(8-22)18(25)28-19(15)29-20(27-17)26-9-23/h3-4,7,10,17H,5-6H2,1-2H3,(H6,24,25,26,27,28,29). The Hall–Kier alpha value is -4.05. The third kappa shape index (κ3) is 4.03. The lowest BCUT2D eigenvalue weighted by Gasteiger charge is -2.26. The van der Waals surface area contributed by atoms with Gasteiger partial charge in [-0.15, -0.1) is 0 Å². The molecule has 1 aliphatic heterocycles. The minimum Gasteiger partial charge on any atom is -0.490 e. The SMILES string of the molecule is CC(C)CCOc1cc(C2N=C(NC#N)Nc3nc(N)c(C#N)c(N)c32)ccc1F. The van der Waals surface area contributed by atoms with Gasteiger partial charge in [0.15, 0.2) is 17.8 Å². The Kier molecular flexibility index (Phi) is 5.88. The predicted octanol–water partition coefficient (Wildman–Crippen LogP) is 2.62. The lowest BCUT2D eigenvalue weighted by atomic mass is 9.95. The highest BCUT2D eigenvalue weighted by Crippen LogP contribution is 2.41. The van der Waals surface area contributed by atoms with E-state index < -0.39 is 11.9 Å². The number of hydrogen-bond donors (Lipinski definition) is 4. The fourth-order valence-corrected chi connectivity index (χ4v) is 3.03. The summed E-state index contributed by atoms with van der Waals surface area (Å²) in [7, 11) is 0. The molecule has 6 N–H and O–H groups in total. The molecule has 0 aliphatic carbocycles. The molecule has 1 aliphatic rings. The Labute approximate surface area is 173 Å². The number of aliphatic imine (C=N–C) groups is 1. The largest absolute Gasteiger partial charge is 0.490 e. The number of fused-ring (bicyclic) bond motifs is 1. The molecule has 2 heterocycles. The van der Waals surface area contributed by atoms with Crippen LogP contribution < -0.4 is 26.8 Å². The average Bonchev–Trinajstić information content (AvgIpc) is 2.69. The minimum atomic E-state index is -0.759. The number of nitrogens with one attached hydrogen (secondary N) is 2. The Morgan fingerprint density at radius 1 is 1.33 bits per heavy atom. The number of halogens is 1. The van der Waals surface area contributed by atoms with Crippen LogP contribution in [0.4, 0.5) is 21.7 Å². The molecule has 9 nitrogen and oxygen atoms in total. The lowest BCUT2D eigenvalue weighted by molar-refractivity contribution is 0.276. The zero-order chi connectivity index (χ0) is 21.8. The molecule has 0 spiro atoms. The zero-order valence-corrected chi connectivity index (χ0v) is 16.5. The van der Waals surface area contributed by atoms with Crippen molar-refractivity contribution in [2.24, 2.45) is 10.9 Å². The highest BCUT2D eigenvalue weighted by Gasteiger charge is 2.30. The number of guanidine groups is 1. The summed E-state index contributed by atoms with van der Waals surface area (Å²) >= 11 is 0. The number of nitriles is 2. The molecule has 1 aromatic carbocycles. The third-order valence-electron chi connectivity index (χ3n) is 4.58. The molecule has 0 fully saturated rings. The summed E-state index contributed by atoms with van der Waals surface area (Å²) in [6.45, 7) is 4.47. The number of anilines is 3. The molecular weight excluding hydrogens is 387 g/mol. The molecular formula is C20H21FN8O. The second kappa shape index (κ2) is 8.53. The van der Waals surface area contributed by atoms with Crippen LogP contribution in [0.2, 0.25) is 0 Å². The molecule has 1 aromatic heterocycles. The lowest BCUT2D eigenvalue weighted by Crippen LogP contribution is -2.32. The fourth-order valence-electron chi connectivity index (χ4n) is 3.03. The average molecular weight is 408 g/mol. The number of ether oxygens (including phenoxy) is 1. The molecule has 30 heavy (non-hydrogen) atoms. The summed E-state index contributed by atoms with van der Waals surface area (Å²) in [6.07, 6.45) is 2.55. The molecule has 0 radical (unpaired) electrons. The molecule has 0 saturated carbocycles. The van der Waals surface area contributed by atoms with Crippen molar-refractivity contribution < 1.29 is 9.13 Å². The summed E-state index contributed by atoms with van der Waals surface area (Å²) in [5.74, 6) is 0.330. The van der Waals surface area contributed by atoms with Crippen molar-refractivity contribution in [2.75, 3.05) is 23.4 Å².